The summed E-state index contributed by atoms with van der Waals surface area (Å²) in [6.07, 6.45) is -0.935. The van der Waals surface area contributed by atoms with Crippen molar-refractivity contribution in [3.8, 4) is 0 Å². The van der Waals surface area contributed by atoms with Gasteiger partial charge < -0.3 is 10.2 Å². The van der Waals surface area contributed by atoms with Crippen LogP contribution in [0.2, 0.25) is 0 Å². The third-order valence-electron chi connectivity index (χ3n) is 1.82. The van der Waals surface area contributed by atoms with Gasteiger partial charge in [0.2, 0.25) is 0 Å². The Balaban J connectivity index is 3.13. The molecule has 0 aliphatic heterocycles. The van der Waals surface area contributed by atoms with Crippen LogP contribution in [-0.4, -0.2) is 22.4 Å². The molecule has 1 atom stereocenters. The Morgan fingerprint density at radius 1 is 1.50 bits per heavy atom. The minimum absolute atomic E-state index is 0.0656. The van der Waals surface area contributed by atoms with Gasteiger partial charge in [0.1, 0.15) is 6.23 Å². The van der Waals surface area contributed by atoms with Crippen LogP contribution in [0.1, 0.15) is 17.3 Å². The second-order valence-electron chi connectivity index (χ2n) is 2.86. The van der Waals surface area contributed by atoms with Crippen molar-refractivity contribution < 1.29 is 15.0 Å². The van der Waals surface area contributed by atoms with Crippen molar-refractivity contribution in [2.45, 2.75) is 13.2 Å². The van der Waals surface area contributed by atoms with Crippen LogP contribution in [0.5, 0.6) is 0 Å². The van der Waals surface area contributed by atoms with Gasteiger partial charge in [0, 0.05) is 0 Å². The topological polar surface area (TPSA) is 86.8 Å². The molecule has 1 unspecified atom stereocenters. The quantitative estimate of drug-likeness (QED) is 0.370. The lowest BCUT2D eigenvalue weighted by Gasteiger charge is -2.23. The summed E-state index contributed by atoms with van der Waals surface area (Å²) in [5.41, 5.74) is 0.353. The molecule has 1 aromatic carbocycles. The molecule has 0 aliphatic rings. The van der Waals surface area contributed by atoms with Gasteiger partial charge in [-0.15, -0.1) is 0 Å². The van der Waals surface area contributed by atoms with Crippen LogP contribution in [0.3, 0.4) is 0 Å². The van der Waals surface area contributed by atoms with Gasteiger partial charge in [-0.2, -0.15) is 0 Å². The zero-order valence-electron chi connectivity index (χ0n) is 7.71. The van der Waals surface area contributed by atoms with E-state index in [2.05, 4.69) is 0 Å². The van der Waals surface area contributed by atoms with Crippen LogP contribution in [0.4, 0.5) is 5.69 Å². The second-order valence-corrected chi connectivity index (χ2v) is 2.86. The number of aromatic carboxylic acids is 1. The number of hydrogen-bond acceptors (Lipinski definition) is 4. The summed E-state index contributed by atoms with van der Waals surface area (Å²) >= 11 is 0. The van der Waals surface area contributed by atoms with Crippen LogP contribution in [0.15, 0.2) is 24.3 Å². The van der Waals surface area contributed by atoms with Gasteiger partial charge >= 0.3 is 5.97 Å². The average molecular weight is 196 g/mol. The Labute approximate surface area is 81.3 Å². The van der Waals surface area contributed by atoms with Crippen molar-refractivity contribution >= 4 is 11.7 Å². The number of rotatable bonds is 3. The molecule has 0 heterocycles. The maximum atomic E-state index is 10.8. The molecule has 5 nitrogen and oxygen atoms in total. The summed E-state index contributed by atoms with van der Waals surface area (Å²) in [5.74, 6) is 4.42. The van der Waals surface area contributed by atoms with E-state index in [0.29, 0.717) is 0 Å². The summed E-state index contributed by atoms with van der Waals surface area (Å²) in [5, 5.41) is 19.0. The number of hydrogen-bond donors (Lipinski definition) is 3. The molecule has 0 aromatic heterocycles. The smallest absolute Gasteiger partial charge is 0.337 e. The normalized spacial score (nSPS) is 12.2. The van der Waals surface area contributed by atoms with Crippen LogP contribution in [0, 0.1) is 0 Å². The van der Waals surface area contributed by atoms with Gasteiger partial charge in [0.25, 0.3) is 0 Å². The first-order valence-electron chi connectivity index (χ1n) is 4.08. The Bertz CT molecular complexity index is 339. The molecule has 0 aliphatic carbocycles. The van der Waals surface area contributed by atoms with Gasteiger partial charge in [0.05, 0.1) is 11.3 Å². The van der Waals surface area contributed by atoms with Crippen molar-refractivity contribution in [3.05, 3.63) is 29.8 Å². The van der Waals surface area contributed by atoms with Gasteiger partial charge in [-0.1, -0.05) is 12.1 Å². The molecular formula is C9H12N2O3. The molecule has 0 radical (unpaired) electrons. The van der Waals surface area contributed by atoms with E-state index in [0.717, 1.165) is 5.01 Å². The third-order valence-corrected chi connectivity index (χ3v) is 1.82. The monoisotopic (exact) mass is 196 g/mol. The molecule has 0 saturated heterocycles. The first-order valence-corrected chi connectivity index (χ1v) is 4.08. The van der Waals surface area contributed by atoms with Crippen LogP contribution in [-0.2, 0) is 0 Å². The number of aliphatic hydroxyl groups excluding tert-OH is 1. The first kappa shape index (κ1) is 10.5. The first-order chi connectivity index (χ1) is 6.54. The molecule has 0 bridgehead atoms. The molecule has 14 heavy (non-hydrogen) atoms. The van der Waals surface area contributed by atoms with Gasteiger partial charge in [-0.3, -0.25) is 5.01 Å². The van der Waals surface area contributed by atoms with E-state index < -0.39 is 12.2 Å². The predicted octanol–water partition coefficient (Wildman–Crippen LogP) is 0.403. The van der Waals surface area contributed by atoms with E-state index in [1.165, 1.54) is 19.1 Å². The maximum Gasteiger partial charge on any atom is 0.337 e. The lowest BCUT2D eigenvalue weighted by Crippen LogP contribution is -2.40. The zero-order chi connectivity index (χ0) is 10.7. The van der Waals surface area contributed by atoms with Crippen molar-refractivity contribution in [1.82, 2.24) is 0 Å². The number of carboxylic acids is 1. The number of carbonyl (C=O) groups is 1. The van der Waals surface area contributed by atoms with E-state index in [4.69, 9.17) is 10.9 Å². The molecule has 0 fully saturated rings. The highest BCUT2D eigenvalue weighted by Crippen LogP contribution is 2.18. The molecule has 1 aromatic rings. The summed E-state index contributed by atoms with van der Waals surface area (Å²) in [7, 11) is 0. The molecular weight excluding hydrogens is 184 g/mol. The summed E-state index contributed by atoms with van der Waals surface area (Å²) < 4.78 is 0. The minimum atomic E-state index is -1.07. The fourth-order valence-electron chi connectivity index (χ4n) is 1.08. The highest BCUT2D eigenvalue weighted by atomic mass is 16.4. The van der Waals surface area contributed by atoms with Gasteiger partial charge in [0.15, 0.2) is 0 Å². The number of hydrazine groups is 1. The van der Waals surface area contributed by atoms with E-state index in [1.807, 2.05) is 0 Å². The molecule has 76 valence electrons. The Morgan fingerprint density at radius 3 is 2.57 bits per heavy atom. The van der Waals surface area contributed by atoms with E-state index in [9.17, 15) is 9.90 Å². The number of benzene rings is 1. The van der Waals surface area contributed by atoms with Crippen molar-refractivity contribution in [1.29, 1.82) is 0 Å². The predicted molar refractivity (Wildman–Crippen MR) is 51.7 cm³/mol. The van der Waals surface area contributed by atoms with Crippen LogP contribution >= 0.6 is 0 Å². The third kappa shape index (κ3) is 2.01. The molecule has 1 rings (SSSR count). The fourth-order valence-corrected chi connectivity index (χ4v) is 1.08. The minimum Gasteiger partial charge on any atom is -0.478 e. The lowest BCUT2D eigenvalue weighted by atomic mass is 10.1. The molecule has 0 spiro atoms. The SMILES string of the molecule is CC(O)N(N)c1ccccc1C(=O)O. The van der Waals surface area contributed by atoms with Crippen LogP contribution in [0.25, 0.3) is 0 Å². The standard InChI is InChI=1S/C9H12N2O3/c1-6(12)11(10)8-5-3-2-4-7(8)9(13)14/h2-6,12H,10H2,1H3,(H,13,14). The molecule has 0 amide bonds. The van der Waals surface area contributed by atoms with Crippen molar-refractivity contribution in [2.24, 2.45) is 5.84 Å². The molecule has 5 heteroatoms. The van der Waals surface area contributed by atoms with Crippen molar-refractivity contribution in [3.63, 3.8) is 0 Å². The number of nitrogens with two attached hydrogens (primary N) is 1. The largest absolute Gasteiger partial charge is 0.478 e. The Morgan fingerprint density at radius 2 is 2.07 bits per heavy atom. The highest BCUT2D eigenvalue weighted by Gasteiger charge is 2.15. The number of anilines is 1. The highest BCUT2D eigenvalue weighted by molar-refractivity contribution is 5.94. The van der Waals surface area contributed by atoms with Crippen molar-refractivity contribution in [2.75, 3.05) is 5.01 Å². The van der Waals surface area contributed by atoms with Gasteiger partial charge in [-0.05, 0) is 19.1 Å². The van der Waals surface area contributed by atoms with Gasteiger partial charge in [-0.25, -0.2) is 10.6 Å². The molecule has 0 saturated carbocycles. The maximum absolute atomic E-state index is 10.8. The summed E-state index contributed by atoms with van der Waals surface area (Å²) in [6, 6.07) is 6.23. The average Bonchev–Trinajstić information content (AvgIpc) is 2.16. The van der Waals surface area contributed by atoms with E-state index >= 15 is 0 Å². The summed E-state index contributed by atoms with van der Waals surface area (Å²) in [6.45, 7) is 1.46. The Hall–Kier alpha value is -1.59. The fraction of sp³-hybridized carbons (Fsp3) is 0.222. The number of para-hydroxylation sites is 1. The number of aliphatic hydroxyl groups is 1. The Kier molecular flexibility index (Phi) is 3.06. The number of nitrogens with zero attached hydrogens (tertiary/aromatic N) is 1. The summed E-state index contributed by atoms with van der Waals surface area (Å²) in [4.78, 5) is 10.8. The lowest BCUT2D eigenvalue weighted by molar-refractivity contribution is 0.0697. The van der Waals surface area contributed by atoms with E-state index in [1.54, 1.807) is 12.1 Å². The van der Waals surface area contributed by atoms with Crippen LogP contribution < -0.4 is 10.9 Å². The number of carboxylic acid groups (broad SMARTS) is 1. The second kappa shape index (κ2) is 4.08. The zero-order valence-corrected chi connectivity index (χ0v) is 7.71. The van der Waals surface area contributed by atoms with E-state index in [-0.39, 0.29) is 11.3 Å². The molecule has 4 N–H and O–H groups in total.